The van der Waals surface area contributed by atoms with Crippen molar-refractivity contribution in [2.24, 2.45) is 0 Å². The number of allylic oxidation sites excluding steroid dienone is 2. The van der Waals surface area contributed by atoms with E-state index >= 15 is 0 Å². The minimum absolute atomic E-state index is 0.0312. The first-order valence-corrected chi connectivity index (χ1v) is 11.7. The number of urea groups is 1. The predicted octanol–water partition coefficient (Wildman–Crippen LogP) is 2.61. The van der Waals surface area contributed by atoms with Gasteiger partial charge in [0.25, 0.3) is 0 Å². The number of carbonyl (C=O) groups is 1. The highest BCUT2D eigenvalue weighted by Gasteiger charge is 2.24. The lowest BCUT2D eigenvalue weighted by Gasteiger charge is -2.26. The van der Waals surface area contributed by atoms with Gasteiger partial charge in [-0.05, 0) is 51.4 Å². The monoisotopic (exact) mass is 454 g/mol. The highest BCUT2D eigenvalue weighted by atomic mass is 16.5. The molecule has 2 amide bonds. The van der Waals surface area contributed by atoms with Gasteiger partial charge in [-0.1, -0.05) is 12.5 Å². The number of likely N-dealkylation sites (tertiary alicyclic amines) is 1. The summed E-state index contributed by atoms with van der Waals surface area (Å²) in [6, 6.07) is 1.61. The number of pyridine rings is 1. The Kier molecular flexibility index (Phi) is 7.39. The van der Waals surface area contributed by atoms with E-state index < -0.39 is 0 Å². The number of hydrogen-bond acceptors (Lipinski definition) is 7. The summed E-state index contributed by atoms with van der Waals surface area (Å²) in [6.07, 6.45) is 11.6. The quantitative estimate of drug-likeness (QED) is 0.556. The maximum Gasteiger partial charge on any atom is 0.320 e. The molecule has 4 rings (SSSR count). The smallest absolute Gasteiger partial charge is 0.320 e. The molecule has 1 saturated heterocycles. The molecular formula is C24H34N6O3. The summed E-state index contributed by atoms with van der Waals surface area (Å²) in [7, 11) is 1.59. The van der Waals surface area contributed by atoms with Crippen molar-refractivity contribution in [3.63, 3.8) is 0 Å². The van der Waals surface area contributed by atoms with Gasteiger partial charge in [-0.15, -0.1) is 0 Å². The number of nitrogens with zero attached hydrogens (tertiary/aromatic N) is 3. The van der Waals surface area contributed by atoms with E-state index in [4.69, 9.17) is 9.47 Å². The van der Waals surface area contributed by atoms with Crippen molar-refractivity contribution in [2.75, 3.05) is 39.8 Å². The Bertz CT molecular complexity index is 950. The lowest BCUT2D eigenvalue weighted by Crippen LogP contribution is -2.42. The Labute approximate surface area is 195 Å². The summed E-state index contributed by atoms with van der Waals surface area (Å²) < 4.78 is 11.3. The van der Waals surface area contributed by atoms with Crippen LogP contribution >= 0.6 is 0 Å². The summed E-state index contributed by atoms with van der Waals surface area (Å²) in [6.45, 7) is 8.40. The predicted molar refractivity (Wildman–Crippen MR) is 127 cm³/mol. The Morgan fingerprint density at radius 3 is 2.82 bits per heavy atom. The summed E-state index contributed by atoms with van der Waals surface area (Å²) >= 11 is 0. The van der Waals surface area contributed by atoms with E-state index in [1.807, 2.05) is 38.3 Å². The van der Waals surface area contributed by atoms with E-state index in [0.717, 1.165) is 42.3 Å². The van der Waals surface area contributed by atoms with E-state index in [0.29, 0.717) is 24.8 Å². The van der Waals surface area contributed by atoms with E-state index in [2.05, 4.69) is 30.7 Å². The van der Waals surface area contributed by atoms with Crippen LogP contribution in [0.4, 0.5) is 4.79 Å². The summed E-state index contributed by atoms with van der Waals surface area (Å²) in [5.41, 5.74) is 1.99. The van der Waals surface area contributed by atoms with Crippen molar-refractivity contribution >= 4 is 11.6 Å². The minimum Gasteiger partial charge on any atom is -0.490 e. The van der Waals surface area contributed by atoms with Crippen LogP contribution in [-0.2, 0) is 0 Å². The van der Waals surface area contributed by atoms with Crippen molar-refractivity contribution in [2.45, 2.75) is 39.2 Å². The van der Waals surface area contributed by atoms with Crippen molar-refractivity contribution < 1.29 is 14.3 Å². The maximum absolute atomic E-state index is 12.3. The normalized spacial score (nSPS) is 18.1. The lowest BCUT2D eigenvalue weighted by molar-refractivity contribution is 0.221. The van der Waals surface area contributed by atoms with Gasteiger partial charge < -0.3 is 29.9 Å². The van der Waals surface area contributed by atoms with Crippen LogP contribution in [0, 0.1) is 0 Å². The zero-order valence-corrected chi connectivity index (χ0v) is 19.7. The molecule has 0 atom stereocenters. The topological polar surface area (TPSA) is 91.0 Å². The number of piperidine rings is 1. The van der Waals surface area contributed by atoms with Gasteiger partial charge in [0.2, 0.25) is 5.88 Å². The minimum atomic E-state index is -0.202. The number of methoxy groups -OCH3 is 1. The molecule has 33 heavy (non-hydrogen) atoms. The molecule has 0 unspecified atom stereocenters. The summed E-state index contributed by atoms with van der Waals surface area (Å²) in [4.78, 5) is 21.2. The first-order valence-electron chi connectivity index (χ1n) is 11.7. The first kappa shape index (κ1) is 23.0. The number of amides is 2. The highest BCUT2D eigenvalue weighted by molar-refractivity contribution is 5.77. The number of hydrogen-bond donors (Lipinski definition) is 3. The number of nitrogens with one attached hydrogen (secondary N) is 3. The van der Waals surface area contributed by atoms with E-state index in [9.17, 15) is 4.79 Å². The van der Waals surface area contributed by atoms with Crippen molar-refractivity contribution in [1.82, 2.24) is 30.7 Å². The fourth-order valence-electron chi connectivity index (χ4n) is 4.19. The second kappa shape index (κ2) is 10.6. The molecule has 4 heterocycles. The fraction of sp³-hybridized carbons (Fsp3) is 0.500. The van der Waals surface area contributed by atoms with Gasteiger partial charge in [-0.2, -0.15) is 0 Å². The largest absolute Gasteiger partial charge is 0.490 e. The van der Waals surface area contributed by atoms with Gasteiger partial charge in [0.1, 0.15) is 17.4 Å². The van der Waals surface area contributed by atoms with Crippen LogP contribution in [0.3, 0.4) is 0 Å². The zero-order chi connectivity index (χ0) is 23.2. The van der Waals surface area contributed by atoms with Crippen LogP contribution in [0.25, 0.3) is 5.57 Å². The summed E-state index contributed by atoms with van der Waals surface area (Å²) in [5, 5.41) is 9.11. The van der Waals surface area contributed by atoms with Gasteiger partial charge in [-0.3, -0.25) is 5.32 Å². The van der Waals surface area contributed by atoms with Crippen LogP contribution in [-0.4, -0.2) is 66.8 Å². The molecule has 178 valence electrons. The van der Waals surface area contributed by atoms with Crippen molar-refractivity contribution in [1.29, 1.82) is 0 Å². The van der Waals surface area contributed by atoms with Crippen LogP contribution in [0.1, 0.15) is 38.7 Å². The Hall–Kier alpha value is -3.20. The molecule has 0 bridgehead atoms. The molecule has 1 fully saturated rings. The molecule has 3 aliphatic heterocycles. The number of ether oxygens (including phenoxy) is 2. The highest BCUT2D eigenvalue weighted by Crippen LogP contribution is 2.33. The van der Waals surface area contributed by atoms with E-state index in [1.54, 1.807) is 13.3 Å². The van der Waals surface area contributed by atoms with Gasteiger partial charge >= 0.3 is 6.03 Å². The molecule has 0 radical (unpaired) electrons. The molecule has 0 aliphatic carbocycles. The maximum atomic E-state index is 12.3. The zero-order valence-electron chi connectivity index (χ0n) is 19.7. The molecule has 0 saturated carbocycles. The second-order valence-corrected chi connectivity index (χ2v) is 8.71. The van der Waals surface area contributed by atoms with Crippen molar-refractivity contribution in [3.05, 3.63) is 47.8 Å². The third kappa shape index (κ3) is 5.98. The molecule has 1 aromatic heterocycles. The van der Waals surface area contributed by atoms with Gasteiger partial charge in [0.15, 0.2) is 0 Å². The third-order valence-electron chi connectivity index (χ3n) is 5.81. The molecule has 9 nitrogen and oxygen atoms in total. The molecule has 0 aromatic carbocycles. The summed E-state index contributed by atoms with van der Waals surface area (Å²) in [5.74, 6) is 2.82. The van der Waals surface area contributed by atoms with Crippen molar-refractivity contribution in [3.8, 4) is 11.6 Å². The lowest BCUT2D eigenvalue weighted by atomic mass is 10.0. The Morgan fingerprint density at radius 2 is 2.06 bits per heavy atom. The third-order valence-corrected chi connectivity index (χ3v) is 5.81. The number of carbonyl (C=O) groups excluding carboxylic acids is 1. The van der Waals surface area contributed by atoms with Crippen LogP contribution in [0.2, 0.25) is 0 Å². The van der Waals surface area contributed by atoms with E-state index in [-0.39, 0.29) is 12.1 Å². The van der Waals surface area contributed by atoms with Crippen LogP contribution in [0.15, 0.2) is 42.3 Å². The fourth-order valence-corrected chi connectivity index (χ4v) is 4.19. The van der Waals surface area contributed by atoms with Crippen LogP contribution < -0.4 is 25.4 Å². The number of fused-ring (bicyclic) bond motifs is 1. The average molecular weight is 455 g/mol. The molecular weight excluding hydrogens is 420 g/mol. The Balaban J connectivity index is 1.33. The van der Waals surface area contributed by atoms with Gasteiger partial charge in [0.05, 0.1) is 13.2 Å². The second-order valence-electron chi connectivity index (χ2n) is 8.71. The van der Waals surface area contributed by atoms with Crippen LogP contribution in [0.5, 0.6) is 11.6 Å². The molecule has 3 N–H and O–H groups in total. The van der Waals surface area contributed by atoms with Gasteiger partial charge in [0, 0.05) is 43.7 Å². The SMILES string of the molecule is COc1cc(OC(C)C)c(C2=CC=C3NC(NC(=O)NCCN4CCCCC4)=CN3C2)cn1. The van der Waals surface area contributed by atoms with E-state index in [1.165, 1.54) is 19.3 Å². The van der Waals surface area contributed by atoms with Gasteiger partial charge in [-0.25, -0.2) is 9.78 Å². The average Bonchev–Trinajstić information content (AvgIpc) is 3.20. The first-order chi connectivity index (χ1) is 16.0. The molecule has 0 spiro atoms. The number of aromatic nitrogens is 1. The number of rotatable bonds is 8. The molecule has 1 aromatic rings. The molecule has 9 heteroatoms. The molecule has 3 aliphatic rings. The standard InChI is InChI=1S/C24H34N6O3/c1-17(2)33-20-13-23(32-3)26-14-19(20)18-7-8-22-27-21(16-30(22)15-18)28-24(31)25-9-12-29-10-5-4-6-11-29/h7-8,13-14,16-17,27H,4-6,9-12,15H2,1-3H3,(H2,25,28,31). The Morgan fingerprint density at radius 1 is 1.24 bits per heavy atom.